The third-order valence-electron chi connectivity index (χ3n) is 2.80. The molecule has 3 heterocycles. The molecule has 0 radical (unpaired) electrons. The summed E-state index contributed by atoms with van der Waals surface area (Å²) in [5.41, 5.74) is 0. The van der Waals surface area contributed by atoms with E-state index < -0.39 is 5.97 Å². The zero-order valence-electron chi connectivity index (χ0n) is 9.98. The lowest BCUT2D eigenvalue weighted by molar-refractivity contribution is -0.133. The van der Waals surface area contributed by atoms with Crippen molar-refractivity contribution in [1.29, 1.82) is 0 Å². The second-order valence-corrected chi connectivity index (χ2v) is 6.22. The van der Waals surface area contributed by atoms with Crippen molar-refractivity contribution in [2.45, 2.75) is 18.1 Å². The van der Waals surface area contributed by atoms with Gasteiger partial charge in [-0.05, 0) is 6.42 Å². The first-order valence-corrected chi connectivity index (χ1v) is 7.79. The summed E-state index contributed by atoms with van der Waals surface area (Å²) in [7, 11) is 0. The fraction of sp³-hybridized carbons (Fsp3) is 0.600. The van der Waals surface area contributed by atoms with Crippen molar-refractivity contribution in [2.24, 2.45) is 0 Å². The summed E-state index contributed by atoms with van der Waals surface area (Å²) >= 11 is 2.79. The van der Waals surface area contributed by atoms with Crippen LogP contribution in [0.15, 0.2) is 0 Å². The Morgan fingerprint density at radius 1 is 1.58 bits per heavy atom. The highest BCUT2D eigenvalue weighted by Gasteiger charge is 2.24. The van der Waals surface area contributed by atoms with Crippen LogP contribution < -0.4 is 0 Å². The van der Waals surface area contributed by atoms with E-state index in [-0.39, 0.29) is 11.7 Å². The lowest BCUT2D eigenvalue weighted by Gasteiger charge is -2.01. The minimum atomic E-state index is -0.809. The Morgan fingerprint density at radius 2 is 2.47 bits per heavy atom. The van der Waals surface area contributed by atoms with Crippen molar-refractivity contribution in [1.82, 2.24) is 19.8 Å². The average Bonchev–Trinajstić information content (AvgIpc) is 3.01. The first-order chi connectivity index (χ1) is 9.24. The first-order valence-electron chi connectivity index (χ1n) is 5.82. The average molecular weight is 300 g/mol. The van der Waals surface area contributed by atoms with Crippen molar-refractivity contribution >= 4 is 34.0 Å². The molecule has 1 fully saturated rings. The maximum absolute atomic E-state index is 10.5. The molecular weight excluding hydrogens is 288 g/mol. The predicted molar refractivity (Wildman–Crippen MR) is 70.6 cm³/mol. The summed E-state index contributed by atoms with van der Waals surface area (Å²) in [6.45, 7) is 1.42. The molecule has 9 heteroatoms. The summed E-state index contributed by atoms with van der Waals surface area (Å²) in [4.78, 5) is 11.2. The van der Waals surface area contributed by atoms with Crippen LogP contribution in [0.4, 0.5) is 0 Å². The molecule has 1 aliphatic heterocycles. The Bertz CT molecular complexity index is 591. The molecule has 3 rings (SSSR count). The standard InChI is InChI=1S/C10H12N4O3S2/c15-8(16)5-18-4-7-13-14-9(6-1-2-17-3-6)11-12-10(14)19-7/h6H,1-5H2,(H,15,16). The van der Waals surface area contributed by atoms with Crippen LogP contribution in [0.2, 0.25) is 0 Å². The lowest BCUT2D eigenvalue weighted by Crippen LogP contribution is -2.05. The van der Waals surface area contributed by atoms with Crippen LogP contribution in [0.5, 0.6) is 0 Å². The zero-order chi connectivity index (χ0) is 13.2. The first kappa shape index (κ1) is 12.8. The van der Waals surface area contributed by atoms with Gasteiger partial charge in [-0.15, -0.1) is 22.0 Å². The van der Waals surface area contributed by atoms with Crippen LogP contribution in [0.3, 0.4) is 0 Å². The van der Waals surface area contributed by atoms with Crippen LogP contribution in [0.25, 0.3) is 4.96 Å². The van der Waals surface area contributed by atoms with E-state index in [9.17, 15) is 4.79 Å². The highest BCUT2D eigenvalue weighted by Crippen LogP contribution is 2.26. The van der Waals surface area contributed by atoms with Gasteiger partial charge in [0, 0.05) is 18.3 Å². The molecule has 1 saturated heterocycles. The van der Waals surface area contributed by atoms with E-state index in [2.05, 4.69) is 15.3 Å². The van der Waals surface area contributed by atoms with Gasteiger partial charge in [0.1, 0.15) is 5.01 Å². The zero-order valence-corrected chi connectivity index (χ0v) is 11.6. The van der Waals surface area contributed by atoms with Gasteiger partial charge in [0.15, 0.2) is 5.82 Å². The highest BCUT2D eigenvalue weighted by molar-refractivity contribution is 7.99. The van der Waals surface area contributed by atoms with Crippen LogP contribution in [0, 0.1) is 0 Å². The smallest absolute Gasteiger partial charge is 0.313 e. The van der Waals surface area contributed by atoms with Crippen LogP contribution in [-0.4, -0.2) is 49.9 Å². The van der Waals surface area contributed by atoms with Gasteiger partial charge in [-0.2, -0.15) is 9.61 Å². The number of rotatable bonds is 5. The summed E-state index contributed by atoms with van der Waals surface area (Å²) in [5.74, 6) is 0.969. The van der Waals surface area contributed by atoms with Crippen molar-refractivity contribution < 1.29 is 14.6 Å². The number of thioether (sulfide) groups is 1. The monoisotopic (exact) mass is 300 g/mol. The third-order valence-corrected chi connectivity index (χ3v) is 4.81. The van der Waals surface area contributed by atoms with Crippen molar-refractivity contribution in [3.8, 4) is 0 Å². The molecule has 7 nitrogen and oxygen atoms in total. The van der Waals surface area contributed by atoms with Crippen LogP contribution in [0.1, 0.15) is 23.2 Å². The molecule has 1 aliphatic rings. The third kappa shape index (κ3) is 2.72. The number of nitrogens with zero attached hydrogens (tertiary/aromatic N) is 4. The fourth-order valence-corrected chi connectivity index (χ4v) is 3.58. The summed E-state index contributed by atoms with van der Waals surface area (Å²) in [6, 6.07) is 0. The number of carboxylic acids is 1. The normalized spacial score (nSPS) is 19.3. The molecule has 0 amide bonds. The van der Waals surface area contributed by atoms with E-state index in [0.717, 1.165) is 28.8 Å². The minimum absolute atomic E-state index is 0.0868. The quantitative estimate of drug-likeness (QED) is 0.881. The lowest BCUT2D eigenvalue weighted by atomic mass is 10.1. The van der Waals surface area contributed by atoms with Crippen molar-refractivity contribution in [3.63, 3.8) is 0 Å². The molecule has 0 aromatic carbocycles. The number of hydrogen-bond acceptors (Lipinski definition) is 7. The fourth-order valence-electron chi connectivity index (χ4n) is 1.95. The van der Waals surface area contributed by atoms with E-state index in [1.54, 1.807) is 4.52 Å². The molecule has 1 unspecified atom stereocenters. The second kappa shape index (κ2) is 5.43. The highest BCUT2D eigenvalue weighted by atomic mass is 32.2. The van der Waals surface area contributed by atoms with E-state index in [4.69, 9.17) is 9.84 Å². The SMILES string of the molecule is O=C(O)CSCc1nn2c(C3CCOC3)nnc2s1. The van der Waals surface area contributed by atoms with E-state index in [1.807, 2.05) is 0 Å². The van der Waals surface area contributed by atoms with Crippen LogP contribution in [-0.2, 0) is 15.3 Å². The molecule has 2 aromatic heterocycles. The predicted octanol–water partition coefficient (Wildman–Crippen LogP) is 1.01. The topological polar surface area (TPSA) is 89.6 Å². The van der Waals surface area contributed by atoms with E-state index >= 15 is 0 Å². The summed E-state index contributed by atoms with van der Waals surface area (Å²) in [5, 5.41) is 22.2. The number of carboxylic acid groups (broad SMARTS) is 1. The molecule has 0 aliphatic carbocycles. The van der Waals surface area contributed by atoms with Crippen molar-refractivity contribution in [3.05, 3.63) is 10.8 Å². The minimum Gasteiger partial charge on any atom is -0.481 e. The Morgan fingerprint density at radius 3 is 3.21 bits per heavy atom. The van der Waals surface area contributed by atoms with Gasteiger partial charge in [-0.3, -0.25) is 4.79 Å². The Kier molecular flexibility index (Phi) is 3.67. The van der Waals surface area contributed by atoms with Gasteiger partial charge in [-0.25, -0.2) is 0 Å². The largest absolute Gasteiger partial charge is 0.481 e. The molecule has 1 N–H and O–H groups in total. The van der Waals surface area contributed by atoms with E-state index in [0.29, 0.717) is 12.4 Å². The molecule has 102 valence electrons. The van der Waals surface area contributed by atoms with Gasteiger partial charge in [-0.1, -0.05) is 11.3 Å². The maximum Gasteiger partial charge on any atom is 0.313 e. The van der Waals surface area contributed by atoms with Gasteiger partial charge in [0.05, 0.1) is 12.4 Å². The van der Waals surface area contributed by atoms with Gasteiger partial charge in [0.2, 0.25) is 4.96 Å². The molecule has 0 saturated carbocycles. The van der Waals surface area contributed by atoms with Gasteiger partial charge < -0.3 is 9.84 Å². The number of ether oxygens (including phenoxy) is 1. The molecular formula is C10H12N4O3S2. The molecule has 2 aromatic rings. The number of aliphatic carboxylic acids is 1. The Labute approximate surface area is 117 Å². The Balaban J connectivity index is 1.75. The molecule has 0 bridgehead atoms. The van der Waals surface area contributed by atoms with E-state index in [1.165, 1.54) is 23.1 Å². The number of hydrogen-bond donors (Lipinski definition) is 1. The van der Waals surface area contributed by atoms with Crippen molar-refractivity contribution in [2.75, 3.05) is 19.0 Å². The van der Waals surface area contributed by atoms with Gasteiger partial charge in [0.25, 0.3) is 0 Å². The Hall–Kier alpha value is -1.19. The summed E-state index contributed by atoms with van der Waals surface area (Å²) in [6.07, 6.45) is 0.946. The molecule has 19 heavy (non-hydrogen) atoms. The summed E-state index contributed by atoms with van der Waals surface area (Å²) < 4.78 is 7.12. The number of fused-ring (bicyclic) bond motifs is 1. The van der Waals surface area contributed by atoms with Gasteiger partial charge >= 0.3 is 5.97 Å². The number of aromatic nitrogens is 4. The van der Waals surface area contributed by atoms with Crippen LogP contribution >= 0.6 is 23.1 Å². The number of carbonyl (C=O) groups is 1. The molecule has 0 spiro atoms. The maximum atomic E-state index is 10.5. The second-order valence-electron chi connectivity index (χ2n) is 4.20. The molecule has 1 atom stereocenters.